The molecule has 3 heteroatoms. The fourth-order valence-corrected chi connectivity index (χ4v) is 4.80. The van der Waals surface area contributed by atoms with Crippen LogP contribution in [0.1, 0.15) is 40.5 Å². The Bertz CT molecular complexity index is 639. The van der Waals surface area contributed by atoms with Crippen LogP contribution in [0.3, 0.4) is 0 Å². The number of allylic oxidation sites excluding steroid dienone is 3. The second-order valence-corrected chi connectivity index (χ2v) is 8.08. The van der Waals surface area contributed by atoms with E-state index in [1.165, 1.54) is 0 Å². The molecule has 2 atom stereocenters. The van der Waals surface area contributed by atoms with E-state index >= 15 is 0 Å². The highest BCUT2D eigenvalue weighted by molar-refractivity contribution is 7.86. The number of carbonyl (C=O) groups excluding carboxylic acids is 1. The first kappa shape index (κ1) is 16.9. The highest BCUT2D eigenvalue weighted by Gasteiger charge is 2.38. The van der Waals surface area contributed by atoms with Crippen LogP contribution in [0.15, 0.2) is 58.5 Å². The monoisotopic (exact) mass is 316 g/mol. The zero-order chi connectivity index (χ0) is 16.3. The van der Waals surface area contributed by atoms with Crippen molar-refractivity contribution in [3.05, 3.63) is 53.6 Å². The molecular weight excluding hydrogens is 292 g/mol. The maximum absolute atomic E-state index is 12.9. The zero-order valence-electron chi connectivity index (χ0n) is 13.8. The van der Waals surface area contributed by atoms with Crippen LogP contribution in [0.2, 0.25) is 0 Å². The summed E-state index contributed by atoms with van der Waals surface area (Å²) >= 11 is 0. The van der Waals surface area contributed by atoms with Crippen molar-refractivity contribution in [1.29, 1.82) is 0 Å². The van der Waals surface area contributed by atoms with E-state index in [0.717, 1.165) is 28.9 Å². The van der Waals surface area contributed by atoms with E-state index in [-0.39, 0.29) is 16.4 Å². The molecule has 1 aromatic carbocycles. The third-order valence-corrected chi connectivity index (χ3v) is 6.23. The Hall–Kier alpha value is -1.48. The minimum atomic E-state index is -1.11. The molecule has 0 spiro atoms. The van der Waals surface area contributed by atoms with E-state index in [1.54, 1.807) is 12.2 Å². The first-order chi connectivity index (χ1) is 10.4. The van der Waals surface area contributed by atoms with Gasteiger partial charge in [-0.3, -0.25) is 9.00 Å². The third kappa shape index (κ3) is 3.30. The first-order valence-electron chi connectivity index (χ1n) is 7.72. The molecule has 0 bridgehead atoms. The molecule has 2 unspecified atom stereocenters. The minimum Gasteiger partial charge on any atom is -0.290 e. The number of hydrogen-bond donors (Lipinski definition) is 0. The molecule has 22 heavy (non-hydrogen) atoms. The summed E-state index contributed by atoms with van der Waals surface area (Å²) < 4.78 is 12.9. The van der Waals surface area contributed by atoms with Gasteiger partial charge in [-0.15, -0.1) is 0 Å². The summed E-state index contributed by atoms with van der Waals surface area (Å²) in [6.45, 7) is 8.04. The van der Waals surface area contributed by atoms with Crippen molar-refractivity contribution >= 4 is 16.6 Å². The lowest BCUT2D eigenvalue weighted by atomic mass is 9.71. The van der Waals surface area contributed by atoms with Gasteiger partial charge in [0.25, 0.3) is 0 Å². The Balaban J connectivity index is 2.44. The van der Waals surface area contributed by atoms with Gasteiger partial charge >= 0.3 is 0 Å². The van der Waals surface area contributed by atoms with Crippen LogP contribution < -0.4 is 0 Å². The fourth-order valence-electron chi connectivity index (χ4n) is 3.28. The number of benzene rings is 1. The molecule has 0 heterocycles. The summed E-state index contributed by atoms with van der Waals surface area (Å²) in [6.07, 6.45) is 5.13. The Kier molecular flexibility index (Phi) is 5.17. The van der Waals surface area contributed by atoms with Crippen molar-refractivity contribution in [2.75, 3.05) is 0 Å². The van der Waals surface area contributed by atoms with E-state index in [4.69, 9.17) is 0 Å². The fraction of sp³-hybridized carbons (Fsp3) is 0.421. The van der Waals surface area contributed by atoms with Gasteiger partial charge in [-0.2, -0.15) is 0 Å². The van der Waals surface area contributed by atoms with Crippen LogP contribution in [0.5, 0.6) is 0 Å². The molecule has 0 aromatic heterocycles. The molecule has 0 aliphatic heterocycles. The number of hydrogen-bond acceptors (Lipinski definition) is 2. The van der Waals surface area contributed by atoms with Crippen LogP contribution in [0.4, 0.5) is 0 Å². The van der Waals surface area contributed by atoms with Crippen molar-refractivity contribution in [2.45, 2.75) is 50.7 Å². The molecule has 1 aliphatic carbocycles. The van der Waals surface area contributed by atoms with Crippen molar-refractivity contribution < 1.29 is 9.00 Å². The Morgan fingerprint density at radius 2 is 1.91 bits per heavy atom. The highest BCUT2D eigenvalue weighted by atomic mass is 32.2. The van der Waals surface area contributed by atoms with Crippen LogP contribution in [0, 0.1) is 5.41 Å². The summed E-state index contributed by atoms with van der Waals surface area (Å²) in [5.41, 5.74) is 1.67. The molecule has 118 valence electrons. The third-order valence-electron chi connectivity index (χ3n) is 4.38. The zero-order valence-corrected chi connectivity index (χ0v) is 14.6. The summed E-state index contributed by atoms with van der Waals surface area (Å²) in [4.78, 5) is 13.3. The van der Waals surface area contributed by atoms with Crippen LogP contribution in [0.25, 0.3) is 0 Å². The summed E-state index contributed by atoms with van der Waals surface area (Å²) in [6, 6.07) is 9.54. The van der Waals surface area contributed by atoms with Crippen LogP contribution >= 0.6 is 0 Å². The normalized spacial score (nSPS) is 22.8. The summed E-state index contributed by atoms with van der Waals surface area (Å²) in [5, 5.41) is -0.0698. The lowest BCUT2D eigenvalue weighted by Gasteiger charge is -2.37. The lowest BCUT2D eigenvalue weighted by Crippen LogP contribution is -2.33. The van der Waals surface area contributed by atoms with Crippen molar-refractivity contribution in [1.82, 2.24) is 0 Å². The molecule has 1 aromatic rings. The maximum atomic E-state index is 12.9. The lowest BCUT2D eigenvalue weighted by molar-refractivity contribution is -0.112. The SMILES string of the molecule is C/C=C/C(=O)C1=C(C)C(S(=O)c2ccccc2)CCC1(C)C. The second-order valence-electron chi connectivity index (χ2n) is 6.44. The second kappa shape index (κ2) is 6.74. The first-order valence-corrected chi connectivity index (χ1v) is 8.93. The van der Waals surface area contributed by atoms with E-state index in [9.17, 15) is 9.00 Å². The predicted octanol–water partition coefficient (Wildman–Crippen LogP) is 4.44. The Morgan fingerprint density at radius 1 is 1.27 bits per heavy atom. The van der Waals surface area contributed by atoms with E-state index in [1.807, 2.05) is 44.2 Å². The number of ketones is 1. The summed E-state index contributed by atoms with van der Waals surface area (Å²) in [5.74, 6) is 0.0553. The minimum absolute atomic E-state index is 0.0553. The van der Waals surface area contributed by atoms with Crippen LogP contribution in [-0.2, 0) is 15.6 Å². The van der Waals surface area contributed by atoms with Crippen molar-refractivity contribution in [3.8, 4) is 0 Å². The van der Waals surface area contributed by atoms with Gasteiger partial charge in [0.2, 0.25) is 0 Å². The summed E-state index contributed by atoms with van der Waals surface area (Å²) in [7, 11) is -1.11. The molecule has 2 nitrogen and oxygen atoms in total. The van der Waals surface area contributed by atoms with Crippen LogP contribution in [-0.4, -0.2) is 15.2 Å². The predicted molar refractivity (Wildman–Crippen MR) is 92.2 cm³/mol. The molecule has 0 fully saturated rings. The average Bonchev–Trinajstić information content (AvgIpc) is 2.47. The molecule has 0 amide bonds. The van der Waals surface area contributed by atoms with Gasteiger partial charge in [0.05, 0.1) is 16.0 Å². The van der Waals surface area contributed by atoms with Gasteiger partial charge in [0.15, 0.2) is 5.78 Å². The van der Waals surface area contributed by atoms with Gasteiger partial charge in [0.1, 0.15) is 0 Å². The average molecular weight is 316 g/mol. The maximum Gasteiger partial charge on any atom is 0.182 e. The van der Waals surface area contributed by atoms with E-state index in [2.05, 4.69) is 13.8 Å². The number of rotatable bonds is 4. The van der Waals surface area contributed by atoms with E-state index < -0.39 is 10.8 Å². The molecule has 0 saturated carbocycles. The quantitative estimate of drug-likeness (QED) is 0.769. The van der Waals surface area contributed by atoms with E-state index in [0.29, 0.717) is 0 Å². The molecule has 1 aliphatic rings. The topological polar surface area (TPSA) is 34.1 Å². The largest absolute Gasteiger partial charge is 0.290 e. The smallest absolute Gasteiger partial charge is 0.182 e. The molecule has 0 saturated heterocycles. The standard InChI is InChI=1S/C19H24O2S/c1-5-9-16(20)18-14(2)17(12-13-19(18,3)4)22(21)15-10-7-6-8-11-15/h5-11,17H,12-13H2,1-4H3/b9-5+. The number of carbonyl (C=O) groups is 1. The molecule has 0 N–H and O–H groups in total. The molecular formula is C19H24O2S. The molecule has 2 rings (SSSR count). The van der Waals surface area contributed by atoms with Gasteiger partial charge in [-0.05, 0) is 55.9 Å². The molecule has 0 radical (unpaired) electrons. The van der Waals surface area contributed by atoms with Gasteiger partial charge in [-0.1, -0.05) is 38.1 Å². The van der Waals surface area contributed by atoms with Crippen molar-refractivity contribution in [3.63, 3.8) is 0 Å². The van der Waals surface area contributed by atoms with Gasteiger partial charge in [0, 0.05) is 10.5 Å². The Labute approximate surface area is 135 Å². The van der Waals surface area contributed by atoms with Crippen molar-refractivity contribution in [2.24, 2.45) is 5.41 Å². The highest BCUT2D eigenvalue weighted by Crippen LogP contribution is 2.43. The van der Waals surface area contributed by atoms with Gasteiger partial charge < -0.3 is 0 Å². The van der Waals surface area contributed by atoms with Gasteiger partial charge in [-0.25, -0.2) is 0 Å². The Morgan fingerprint density at radius 3 is 2.50 bits per heavy atom.